The minimum Gasteiger partial charge on any atom is -0.337 e. The molecule has 0 aliphatic heterocycles. The Morgan fingerprint density at radius 2 is 2.18 bits per heavy atom. The second-order valence-electron chi connectivity index (χ2n) is 4.11. The van der Waals surface area contributed by atoms with Gasteiger partial charge in [0, 0.05) is 46.1 Å². The summed E-state index contributed by atoms with van der Waals surface area (Å²) in [5, 5.41) is 6.06. The Balaban J connectivity index is 2.17. The van der Waals surface area contributed by atoms with Crippen LogP contribution in [0.1, 0.15) is 11.1 Å². The van der Waals surface area contributed by atoms with E-state index >= 15 is 0 Å². The van der Waals surface area contributed by atoms with E-state index in [1.807, 2.05) is 12.3 Å². The van der Waals surface area contributed by atoms with Crippen LogP contribution in [0.4, 0.5) is 4.79 Å². The van der Waals surface area contributed by atoms with Crippen LogP contribution in [0, 0.1) is 6.92 Å². The smallest absolute Gasteiger partial charge is 0.316 e. The lowest BCUT2D eigenvalue weighted by Crippen LogP contribution is -2.38. The van der Waals surface area contributed by atoms with Crippen LogP contribution in [0.5, 0.6) is 0 Å². The Morgan fingerprint density at radius 1 is 1.41 bits per heavy atom. The molecule has 0 aliphatic carbocycles. The quantitative estimate of drug-likeness (QED) is 0.742. The molecular weight excluding hydrogens is 216 g/mol. The molecule has 2 N–H and O–H groups in total. The Kier molecular flexibility index (Phi) is 5.42. The molecule has 1 aromatic rings. The van der Waals surface area contributed by atoms with E-state index in [1.165, 1.54) is 16.0 Å². The maximum absolute atomic E-state index is 11.2. The fraction of sp³-hybridized carbons (Fsp3) is 0.500. The molecule has 5 nitrogen and oxygen atoms in total. The third kappa shape index (κ3) is 4.82. The van der Waals surface area contributed by atoms with Gasteiger partial charge in [-0.2, -0.15) is 0 Å². The van der Waals surface area contributed by atoms with Gasteiger partial charge >= 0.3 is 6.03 Å². The first-order valence-electron chi connectivity index (χ1n) is 5.66. The standard InChI is InChI=1S/C12H20N4O/c1-10-4-5-13-8-11(10)9-14-6-7-15-12(17)16(2)3/h4-5,8,14H,6-7,9H2,1-3H3,(H,15,17). The maximum atomic E-state index is 11.2. The van der Waals surface area contributed by atoms with Gasteiger partial charge in [0.25, 0.3) is 0 Å². The van der Waals surface area contributed by atoms with E-state index in [1.54, 1.807) is 20.3 Å². The number of carbonyl (C=O) groups excluding carboxylic acids is 1. The van der Waals surface area contributed by atoms with Crippen molar-refractivity contribution >= 4 is 6.03 Å². The highest BCUT2D eigenvalue weighted by molar-refractivity contribution is 5.73. The highest BCUT2D eigenvalue weighted by Crippen LogP contribution is 2.03. The monoisotopic (exact) mass is 236 g/mol. The normalized spacial score (nSPS) is 10.1. The number of aryl methyl sites for hydroxylation is 1. The van der Waals surface area contributed by atoms with Gasteiger partial charge in [0.1, 0.15) is 0 Å². The molecule has 0 saturated carbocycles. The number of pyridine rings is 1. The van der Waals surface area contributed by atoms with Crippen LogP contribution in [0.3, 0.4) is 0 Å². The van der Waals surface area contributed by atoms with Crippen molar-refractivity contribution in [2.75, 3.05) is 27.2 Å². The lowest BCUT2D eigenvalue weighted by atomic mass is 10.1. The van der Waals surface area contributed by atoms with Crippen LogP contribution >= 0.6 is 0 Å². The maximum Gasteiger partial charge on any atom is 0.316 e. The summed E-state index contributed by atoms with van der Waals surface area (Å²) in [6.45, 7) is 4.20. The third-order valence-corrected chi connectivity index (χ3v) is 2.45. The fourth-order valence-corrected chi connectivity index (χ4v) is 1.32. The van der Waals surface area contributed by atoms with Crippen molar-refractivity contribution in [2.24, 2.45) is 0 Å². The van der Waals surface area contributed by atoms with Gasteiger partial charge in [0.2, 0.25) is 0 Å². The van der Waals surface area contributed by atoms with E-state index in [-0.39, 0.29) is 6.03 Å². The summed E-state index contributed by atoms with van der Waals surface area (Å²) in [5.41, 5.74) is 2.41. The number of amides is 2. The lowest BCUT2D eigenvalue weighted by molar-refractivity contribution is 0.217. The van der Waals surface area contributed by atoms with E-state index in [4.69, 9.17) is 0 Å². The number of nitrogens with one attached hydrogen (secondary N) is 2. The number of carbonyl (C=O) groups is 1. The first-order valence-corrected chi connectivity index (χ1v) is 5.66. The third-order valence-electron chi connectivity index (χ3n) is 2.45. The van der Waals surface area contributed by atoms with Gasteiger partial charge in [0.15, 0.2) is 0 Å². The minimum absolute atomic E-state index is 0.0654. The molecule has 0 spiro atoms. The number of aromatic nitrogens is 1. The number of rotatable bonds is 5. The van der Waals surface area contributed by atoms with E-state index in [9.17, 15) is 4.79 Å². The van der Waals surface area contributed by atoms with E-state index in [0.29, 0.717) is 6.54 Å². The number of urea groups is 1. The molecule has 0 radical (unpaired) electrons. The average Bonchev–Trinajstić information content (AvgIpc) is 2.30. The van der Waals surface area contributed by atoms with Crippen molar-refractivity contribution in [3.05, 3.63) is 29.6 Å². The van der Waals surface area contributed by atoms with Crippen molar-refractivity contribution < 1.29 is 4.79 Å². The predicted molar refractivity (Wildman–Crippen MR) is 67.8 cm³/mol. The van der Waals surface area contributed by atoms with Crippen molar-refractivity contribution in [2.45, 2.75) is 13.5 Å². The summed E-state index contributed by atoms with van der Waals surface area (Å²) in [6.07, 6.45) is 3.65. The van der Waals surface area contributed by atoms with Crippen LogP contribution in [0.25, 0.3) is 0 Å². The molecule has 1 rings (SSSR count). The zero-order valence-corrected chi connectivity index (χ0v) is 10.7. The average molecular weight is 236 g/mol. The Bertz CT molecular complexity index is 365. The fourth-order valence-electron chi connectivity index (χ4n) is 1.32. The van der Waals surface area contributed by atoms with E-state index < -0.39 is 0 Å². The molecule has 0 bridgehead atoms. The highest BCUT2D eigenvalue weighted by Gasteiger charge is 2.01. The van der Waals surface area contributed by atoms with Gasteiger partial charge in [0.05, 0.1) is 0 Å². The Hall–Kier alpha value is -1.62. The van der Waals surface area contributed by atoms with Crippen LogP contribution < -0.4 is 10.6 Å². The first-order chi connectivity index (χ1) is 8.11. The second kappa shape index (κ2) is 6.85. The van der Waals surface area contributed by atoms with E-state index in [2.05, 4.69) is 22.5 Å². The predicted octanol–water partition coefficient (Wildman–Crippen LogP) is 0.751. The molecule has 1 heterocycles. The van der Waals surface area contributed by atoms with Gasteiger partial charge < -0.3 is 15.5 Å². The molecular formula is C12H20N4O. The van der Waals surface area contributed by atoms with Crippen molar-refractivity contribution in [1.82, 2.24) is 20.5 Å². The summed E-state index contributed by atoms with van der Waals surface area (Å²) in [4.78, 5) is 16.8. The molecule has 5 heteroatoms. The SMILES string of the molecule is Cc1ccncc1CNCCNC(=O)N(C)C. The van der Waals surface area contributed by atoms with Gasteiger partial charge in [-0.3, -0.25) is 4.98 Å². The van der Waals surface area contributed by atoms with Gasteiger partial charge in [-0.25, -0.2) is 4.79 Å². The van der Waals surface area contributed by atoms with E-state index in [0.717, 1.165) is 13.1 Å². The summed E-state index contributed by atoms with van der Waals surface area (Å²) in [6, 6.07) is 1.93. The summed E-state index contributed by atoms with van der Waals surface area (Å²) < 4.78 is 0. The van der Waals surface area contributed by atoms with Crippen molar-refractivity contribution in [3.63, 3.8) is 0 Å². The minimum atomic E-state index is -0.0654. The molecule has 0 unspecified atom stereocenters. The number of nitrogens with zero attached hydrogens (tertiary/aromatic N) is 2. The molecule has 94 valence electrons. The molecule has 0 fully saturated rings. The van der Waals surface area contributed by atoms with Crippen LogP contribution in [-0.4, -0.2) is 43.1 Å². The zero-order chi connectivity index (χ0) is 12.7. The number of hydrogen-bond acceptors (Lipinski definition) is 3. The van der Waals surface area contributed by atoms with Gasteiger partial charge in [-0.1, -0.05) is 0 Å². The molecule has 1 aromatic heterocycles. The summed E-state index contributed by atoms with van der Waals surface area (Å²) in [5.74, 6) is 0. The van der Waals surface area contributed by atoms with Crippen LogP contribution in [0.15, 0.2) is 18.5 Å². The largest absolute Gasteiger partial charge is 0.337 e. The van der Waals surface area contributed by atoms with Crippen LogP contribution in [-0.2, 0) is 6.54 Å². The van der Waals surface area contributed by atoms with Gasteiger partial charge in [-0.15, -0.1) is 0 Å². The number of hydrogen-bond donors (Lipinski definition) is 2. The second-order valence-corrected chi connectivity index (χ2v) is 4.11. The Labute approximate surface area is 102 Å². The highest BCUT2D eigenvalue weighted by atomic mass is 16.2. The summed E-state index contributed by atoms with van der Waals surface area (Å²) >= 11 is 0. The van der Waals surface area contributed by atoms with Crippen LogP contribution in [0.2, 0.25) is 0 Å². The summed E-state index contributed by atoms with van der Waals surface area (Å²) in [7, 11) is 3.45. The van der Waals surface area contributed by atoms with Crippen molar-refractivity contribution in [1.29, 1.82) is 0 Å². The molecule has 0 saturated heterocycles. The molecule has 0 atom stereocenters. The first kappa shape index (κ1) is 13.4. The Morgan fingerprint density at radius 3 is 2.82 bits per heavy atom. The lowest BCUT2D eigenvalue weighted by Gasteiger charge is -2.12. The molecule has 17 heavy (non-hydrogen) atoms. The molecule has 2 amide bonds. The van der Waals surface area contributed by atoms with Gasteiger partial charge in [-0.05, 0) is 24.1 Å². The molecule has 0 aliphatic rings. The topological polar surface area (TPSA) is 57.3 Å². The molecule has 0 aromatic carbocycles. The zero-order valence-electron chi connectivity index (χ0n) is 10.7. The van der Waals surface area contributed by atoms with Crippen molar-refractivity contribution in [3.8, 4) is 0 Å².